The van der Waals surface area contributed by atoms with Crippen molar-refractivity contribution in [3.63, 3.8) is 0 Å². The Hall–Kier alpha value is -3.12. The number of nitrogens with zero attached hydrogens (tertiary/aromatic N) is 4. The van der Waals surface area contributed by atoms with E-state index < -0.39 is 22.7 Å². The number of aliphatic hydroxyl groups excluding tert-OH is 1. The third kappa shape index (κ3) is 3.91. The van der Waals surface area contributed by atoms with Crippen molar-refractivity contribution in [2.24, 2.45) is 11.3 Å². The second kappa shape index (κ2) is 8.10. The average Bonchev–Trinajstić information content (AvgIpc) is 3.17. The number of aliphatic hydroxyl groups is 1. The molecule has 1 aromatic heterocycles. The predicted molar refractivity (Wildman–Crippen MR) is 111 cm³/mol. The number of fused-ring (bicyclic) bond motifs is 1. The van der Waals surface area contributed by atoms with Crippen molar-refractivity contribution in [2.45, 2.75) is 19.5 Å². The highest BCUT2D eigenvalue weighted by Gasteiger charge is 2.50. The lowest BCUT2D eigenvalue weighted by Crippen LogP contribution is -2.52. The number of carbonyl (C=O) groups excluding carboxylic acids is 1. The van der Waals surface area contributed by atoms with Crippen LogP contribution in [0.1, 0.15) is 33.7 Å². The van der Waals surface area contributed by atoms with Crippen LogP contribution < -0.4 is 4.90 Å². The molecule has 0 saturated carbocycles. The Morgan fingerprint density at radius 1 is 1.31 bits per heavy atom. The molecule has 1 aromatic carbocycles. The number of aromatic nitrogens is 1. The largest absolute Gasteiger partial charge is 0.417 e. The van der Waals surface area contributed by atoms with Crippen LogP contribution >= 0.6 is 0 Å². The van der Waals surface area contributed by atoms with Crippen LogP contribution in [0.4, 0.5) is 18.9 Å². The third-order valence-corrected chi connectivity index (χ3v) is 6.57. The molecule has 0 aliphatic carbocycles. The molecule has 9 heteroatoms. The molecule has 6 nitrogen and oxygen atoms in total. The Morgan fingerprint density at radius 3 is 2.75 bits per heavy atom. The summed E-state index contributed by atoms with van der Waals surface area (Å²) in [7, 11) is 0. The molecule has 2 atom stereocenters. The molecule has 168 valence electrons. The van der Waals surface area contributed by atoms with Crippen LogP contribution in [-0.2, 0) is 6.18 Å². The van der Waals surface area contributed by atoms with E-state index in [1.165, 1.54) is 12.1 Å². The van der Waals surface area contributed by atoms with Crippen molar-refractivity contribution < 1.29 is 23.1 Å². The van der Waals surface area contributed by atoms with Crippen molar-refractivity contribution in [2.75, 3.05) is 37.7 Å². The SMILES string of the molecule is Cc1cccc(C(=O)N2CC[C@H]3CN(c4ccc(C#N)c(C(F)(F)F)c4)C[C@@]3(CO)C2)n1. The molecule has 0 bridgehead atoms. The molecule has 0 unspecified atom stereocenters. The number of piperidine rings is 1. The first kappa shape index (κ1) is 22.1. The van der Waals surface area contributed by atoms with Gasteiger partial charge in [0, 0.05) is 43.0 Å². The van der Waals surface area contributed by atoms with E-state index in [1.807, 2.05) is 4.90 Å². The number of amides is 1. The van der Waals surface area contributed by atoms with Crippen molar-refractivity contribution in [1.29, 1.82) is 5.26 Å². The quantitative estimate of drug-likeness (QED) is 0.786. The van der Waals surface area contributed by atoms with Crippen LogP contribution in [0.3, 0.4) is 0 Å². The lowest BCUT2D eigenvalue weighted by Gasteiger charge is -2.42. The van der Waals surface area contributed by atoms with Crippen molar-refractivity contribution in [3.8, 4) is 6.07 Å². The van der Waals surface area contributed by atoms with Crippen LogP contribution in [0.15, 0.2) is 36.4 Å². The Labute approximate surface area is 183 Å². The highest BCUT2D eigenvalue weighted by molar-refractivity contribution is 5.92. The Bertz CT molecular complexity index is 1080. The summed E-state index contributed by atoms with van der Waals surface area (Å²) in [6.07, 6.45) is -4.00. The normalized spacial score (nSPS) is 23.1. The van der Waals surface area contributed by atoms with E-state index in [4.69, 9.17) is 5.26 Å². The van der Waals surface area contributed by atoms with Gasteiger partial charge in [0.15, 0.2) is 0 Å². The van der Waals surface area contributed by atoms with Gasteiger partial charge < -0.3 is 14.9 Å². The number of carbonyl (C=O) groups is 1. The fraction of sp³-hybridized carbons (Fsp3) is 0.435. The molecule has 1 amide bonds. The summed E-state index contributed by atoms with van der Waals surface area (Å²) in [5, 5.41) is 19.3. The summed E-state index contributed by atoms with van der Waals surface area (Å²) >= 11 is 0. The number of aryl methyl sites for hydroxylation is 1. The predicted octanol–water partition coefficient (Wildman–Crippen LogP) is 3.24. The van der Waals surface area contributed by atoms with Gasteiger partial charge in [-0.15, -0.1) is 0 Å². The van der Waals surface area contributed by atoms with Crippen LogP contribution in [-0.4, -0.2) is 53.7 Å². The average molecular weight is 444 g/mol. The van der Waals surface area contributed by atoms with E-state index >= 15 is 0 Å². The van der Waals surface area contributed by atoms with Crippen LogP contribution in [0.5, 0.6) is 0 Å². The van der Waals surface area contributed by atoms with Gasteiger partial charge in [0.2, 0.25) is 0 Å². The molecule has 3 heterocycles. The van der Waals surface area contributed by atoms with Crippen molar-refractivity contribution in [3.05, 3.63) is 58.9 Å². The summed E-state index contributed by atoms with van der Waals surface area (Å²) in [4.78, 5) is 20.8. The zero-order chi connectivity index (χ0) is 23.1. The molecule has 1 N–H and O–H groups in total. The first-order valence-electron chi connectivity index (χ1n) is 10.4. The van der Waals surface area contributed by atoms with E-state index in [9.17, 15) is 23.1 Å². The van der Waals surface area contributed by atoms with E-state index in [0.29, 0.717) is 44.0 Å². The van der Waals surface area contributed by atoms with Gasteiger partial charge in [-0.1, -0.05) is 6.07 Å². The molecule has 2 aliphatic rings. The highest BCUT2D eigenvalue weighted by Crippen LogP contribution is 2.44. The number of hydrogen-bond acceptors (Lipinski definition) is 5. The maximum Gasteiger partial charge on any atom is 0.417 e. The van der Waals surface area contributed by atoms with E-state index in [-0.39, 0.29) is 18.4 Å². The zero-order valence-electron chi connectivity index (χ0n) is 17.6. The molecule has 0 radical (unpaired) electrons. The van der Waals surface area contributed by atoms with Gasteiger partial charge in [-0.3, -0.25) is 4.79 Å². The molecule has 0 spiro atoms. The molecule has 2 aromatic rings. The molecular weight excluding hydrogens is 421 g/mol. The fourth-order valence-electron chi connectivity index (χ4n) is 4.87. The topological polar surface area (TPSA) is 80.5 Å². The monoisotopic (exact) mass is 444 g/mol. The van der Waals surface area contributed by atoms with Gasteiger partial charge in [-0.05, 0) is 49.6 Å². The molecule has 2 aliphatic heterocycles. The van der Waals surface area contributed by atoms with Crippen LogP contribution in [0.2, 0.25) is 0 Å². The van der Waals surface area contributed by atoms with Gasteiger partial charge in [-0.2, -0.15) is 18.4 Å². The minimum atomic E-state index is -4.63. The number of benzene rings is 1. The van der Waals surface area contributed by atoms with Gasteiger partial charge in [0.25, 0.3) is 5.91 Å². The highest BCUT2D eigenvalue weighted by atomic mass is 19.4. The van der Waals surface area contributed by atoms with Crippen LogP contribution in [0, 0.1) is 29.6 Å². The van der Waals surface area contributed by atoms with Gasteiger partial charge in [-0.25, -0.2) is 4.98 Å². The first-order valence-corrected chi connectivity index (χ1v) is 10.4. The van der Waals surface area contributed by atoms with Crippen molar-refractivity contribution in [1.82, 2.24) is 9.88 Å². The molecule has 2 fully saturated rings. The molecule has 2 saturated heterocycles. The van der Waals surface area contributed by atoms with E-state index in [2.05, 4.69) is 4.98 Å². The number of likely N-dealkylation sites (tertiary alicyclic amines) is 1. The number of halogens is 3. The zero-order valence-corrected chi connectivity index (χ0v) is 17.6. The van der Waals surface area contributed by atoms with Gasteiger partial charge in [0.05, 0.1) is 23.8 Å². The third-order valence-electron chi connectivity index (χ3n) is 6.57. The minimum Gasteiger partial charge on any atom is -0.396 e. The molecule has 32 heavy (non-hydrogen) atoms. The number of rotatable bonds is 3. The fourth-order valence-corrected chi connectivity index (χ4v) is 4.87. The maximum absolute atomic E-state index is 13.4. The van der Waals surface area contributed by atoms with Gasteiger partial charge >= 0.3 is 6.18 Å². The second-order valence-corrected chi connectivity index (χ2v) is 8.62. The van der Waals surface area contributed by atoms with Crippen LogP contribution in [0.25, 0.3) is 0 Å². The smallest absolute Gasteiger partial charge is 0.396 e. The number of hydrogen-bond donors (Lipinski definition) is 1. The lowest BCUT2D eigenvalue weighted by atomic mass is 9.74. The molecular formula is C23H23F3N4O2. The van der Waals surface area contributed by atoms with E-state index in [0.717, 1.165) is 11.8 Å². The van der Waals surface area contributed by atoms with Crippen molar-refractivity contribution >= 4 is 11.6 Å². The molecule has 4 rings (SSSR count). The summed E-state index contributed by atoms with van der Waals surface area (Å²) < 4.78 is 40.2. The van der Waals surface area contributed by atoms with Gasteiger partial charge in [0.1, 0.15) is 5.69 Å². The Balaban J connectivity index is 1.58. The number of alkyl halides is 3. The standard InChI is InChI=1S/C23H23F3N4O2/c1-15-3-2-4-20(28-15)21(32)29-8-7-17-11-30(13-22(17,12-29)14-31)18-6-5-16(10-27)19(9-18)23(24,25)26/h2-6,9,17,31H,7-8,11-14H2,1H3/t17-,22+/m0/s1. The first-order chi connectivity index (χ1) is 15.2. The summed E-state index contributed by atoms with van der Waals surface area (Å²) in [5.41, 5.74) is -0.588. The lowest BCUT2D eigenvalue weighted by molar-refractivity contribution is -0.137. The summed E-state index contributed by atoms with van der Waals surface area (Å²) in [6.45, 7) is 3.23. The number of pyridine rings is 1. The van der Waals surface area contributed by atoms with E-state index in [1.54, 1.807) is 36.1 Å². The Kier molecular flexibility index (Phi) is 5.59. The summed E-state index contributed by atoms with van der Waals surface area (Å²) in [5.74, 6) is -0.178. The Morgan fingerprint density at radius 2 is 2.09 bits per heavy atom. The number of anilines is 1. The minimum absolute atomic E-state index is 0.0343. The second-order valence-electron chi connectivity index (χ2n) is 8.62. The summed E-state index contributed by atoms with van der Waals surface area (Å²) in [6, 6.07) is 10.5. The number of nitriles is 1. The maximum atomic E-state index is 13.4.